The van der Waals surface area contributed by atoms with Crippen LogP contribution in [0.5, 0.6) is 0 Å². The van der Waals surface area contributed by atoms with E-state index in [2.05, 4.69) is 22.4 Å². The van der Waals surface area contributed by atoms with Crippen molar-refractivity contribution in [2.75, 3.05) is 13.1 Å². The van der Waals surface area contributed by atoms with Crippen LogP contribution < -0.4 is 5.32 Å². The second-order valence-electron chi connectivity index (χ2n) is 6.87. The van der Waals surface area contributed by atoms with Gasteiger partial charge in [0.1, 0.15) is 0 Å². The first-order valence-corrected chi connectivity index (χ1v) is 8.72. The summed E-state index contributed by atoms with van der Waals surface area (Å²) in [5.41, 5.74) is 3.35. The molecule has 2 amide bonds. The molecule has 0 aromatic carbocycles. The number of urea groups is 1. The topological polar surface area (TPSA) is 61.0 Å². The van der Waals surface area contributed by atoms with Crippen LogP contribution in [0.3, 0.4) is 0 Å². The van der Waals surface area contributed by atoms with Crippen molar-refractivity contribution >= 4 is 6.03 Å². The molecule has 0 spiro atoms. The zero-order chi connectivity index (χ0) is 15.5. The zero-order valence-electron chi connectivity index (χ0n) is 13.8. The maximum atomic E-state index is 12.7. The van der Waals surface area contributed by atoms with Gasteiger partial charge in [-0.15, -0.1) is 0 Å². The van der Waals surface area contributed by atoms with Crippen molar-refractivity contribution in [3.05, 3.63) is 17.0 Å². The Balaban J connectivity index is 1.70. The quantitative estimate of drug-likeness (QED) is 0.895. The second-order valence-corrected chi connectivity index (χ2v) is 6.87. The Morgan fingerprint density at radius 1 is 1.27 bits per heavy atom. The minimum Gasteiger partial charge on any atom is -0.338 e. The smallest absolute Gasteiger partial charge is 0.317 e. The van der Waals surface area contributed by atoms with Crippen LogP contribution in [0.4, 0.5) is 4.79 Å². The molecule has 1 unspecified atom stereocenters. The lowest BCUT2D eigenvalue weighted by molar-refractivity contribution is 0.175. The third kappa shape index (κ3) is 3.45. The highest BCUT2D eigenvalue weighted by Gasteiger charge is 2.30. The number of aromatic amines is 1. The van der Waals surface area contributed by atoms with E-state index < -0.39 is 0 Å². The summed E-state index contributed by atoms with van der Waals surface area (Å²) in [4.78, 5) is 14.7. The number of carbonyl (C=O) groups is 1. The Morgan fingerprint density at radius 2 is 2.09 bits per heavy atom. The van der Waals surface area contributed by atoms with Crippen molar-refractivity contribution < 1.29 is 4.79 Å². The van der Waals surface area contributed by atoms with E-state index in [1.165, 1.54) is 31.2 Å². The van der Waals surface area contributed by atoms with E-state index in [-0.39, 0.29) is 12.1 Å². The molecule has 122 valence electrons. The van der Waals surface area contributed by atoms with Crippen LogP contribution in [-0.2, 0) is 0 Å². The van der Waals surface area contributed by atoms with E-state index >= 15 is 0 Å². The van der Waals surface area contributed by atoms with Crippen LogP contribution in [0, 0.1) is 19.8 Å². The SMILES string of the molecule is Cc1n[nH]c(C)c1C1CCCCCN1C(=O)NCCC1CC1. The summed E-state index contributed by atoms with van der Waals surface area (Å²) >= 11 is 0. The number of H-pyrrole nitrogens is 1. The normalized spacial score (nSPS) is 22.5. The number of amides is 2. The van der Waals surface area contributed by atoms with Gasteiger partial charge in [-0.3, -0.25) is 5.10 Å². The average Bonchev–Trinajstić information content (AvgIpc) is 3.28. The number of nitrogens with one attached hydrogen (secondary N) is 2. The molecular formula is C17H28N4O. The third-order valence-corrected chi connectivity index (χ3v) is 5.06. The van der Waals surface area contributed by atoms with Gasteiger partial charge in [0.2, 0.25) is 0 Å². The fraction of sp³-hybridized carbons (Fsp3) is 0.765. The zero-order valence-corrected chi connectivity index (χ0v) is 13.8. The summed E-state index contributed by atoms with van der Waals surface area (Å²) in [5, 5.41) is 10.5. The van der Waals surface area contributed by atoms with Crippen LogP contribution in [-0.4, -0.2) is 34.2 Å². The van der Waals surface area contributed by atoms with Crippen molar-refractivity contribution in [2.24, 2.45) is 5.92 Å². The van der Waals surface area contributed by atoms with Crippen molar-refractivity contribution in [2.45, 2.75) is 64.8 Å². The van der Waals surface area contributed by atoms with Crippen molar-refractivity contribution in [1.82, 2.24) is 20.4 Å². The molecule has 2 heterocycles. The summed E-state index contributed by atoms with van der Waals surface area (Å²) in [6.45, 7) is 5.76. The molecule has 5 nitrogen and oxygen atoms in total. The number of nitrogens with zero attached hydrogens (tertiary/aromatic N) is 2. The lowest BCUT2D eigenvalue weighted by Gasteiger charge is -2.30. The highest BCUT2D eigenvalue weighted by molar-refractivity contribution is 5.75. The van der Waals surface area contributed by atoms with E-state index in [0.717, 1.165) is 49.7 Å². The molecule has 22 heavy (non-hydrogen) atoms. The number of aromatic nitrogens is 2. The van der Waals surface area contributed by atoms with Crippen LogP contribution in [0.1, 0.15) is 67.9 Å². The Morgan fingerprint density at radius 3 is 2.77 bits per heavy atom. The lowest BCUT2D eigenvalue weighted by Crippen LogP contribution is -2.42. The highest BCUT2D eigenvalue weighted by atomic mass is 16.2. The number of likely N-dealkylation sites (tertiary alicyclic amines) is 1. The molecule has 2 fully saturated rings. The van der Waals surface area contributed by atoms with Crippen molar-refractivity contribution in [1.29, 1.82) is 0 Å². The highest BCUT2D eigenvalue weighted by Crippen LogP contribution is 2.34. The Kier molecular flexibility index (Phi) is 4.69. The first-order valence-electron chi connectivity index (χ1n) is 8.72. The molecule has 1 saturated carbocycles. The molecule has 0 radical (unpaired) electrons. The molecule has 2 N–H and O–H groups in total. The largest absolute Gasteiger partial charge is 0.338 e. The Hall–Kier alpha value is -1.52. The third-order valence-electron chi connectivity index (χ3n) is 5.06. The fourth-order valence-electron chi connectivity index (χ4n) is 3.59. The van der Waals surface area contributed by atoms with E-state index in [1.54, 1.807) is 0 Å². The molecule has 1 aromatic rings. The van der Waals surface area contributed by atoms with Crippen LogP contribution in [0.2, 0.25) is 0 Å². The summed E-state index contributed by atoms with van der Waals surface area (Å²) in [5.74, 6) is 0.860. The first-order chi connectivity index (χ1) is 10.7. The van der Waals surface area contributed by atoms with Gasteiger partial charge < -0.3 is 10.2 Å². The Bertz CT molecular complexity index is 501. The summed E-state index contributed by atoms with van der Waals surface area (Å²) in [6, 6.07) is 0.273. The van der Waals surface area contributed by atoms with Crippen LogP contribution in [0.15, 0.2) is 0 Å². The van der Waals surface area contributed by atoms with E-state index in [1.807, 2.05) is 11.8 Å². The van der Waals surface area contributed by atoms with Gasteiger partial charge in [0.05, 0.1) is 11.7 Å². The monoisotopic (exact) mass is 304 g/mol. The molecule has 1 saturated heterocycles. The number of carbonyl (C=O) groups excluding carboxylic acids is 1. The molecule has 1 aliphatic heterocycles. The number of rotatable bonds is 4. The summed E-state index contributed by atoms with van der Waals surface area (Å²) in [7, 11) is 0. The van der Waals surface area contributed by atoms with E-state index in [4.69, 9.17) is 0 Å². The lowest BCUT2D eigenvalue weighted by atomic mass is 9.99. The minimum atomic E-state index is 0.104. The van der Waals surface area contributed by atoms with Gasteiger partial charge in [-0.2, -0.15) is 5.10 Å². The van der Waals surface area contributed by atoms with Crippen molar-refractivity contribution in [3.63, 3.8) is 0 Å². The maximum Gasteiger partial charge on any atom is 0.317 e. The fourth-order valence-corrected chi connectivity index (χ4v) is 3.59. The number of hydrogen-bond acceptors (Lipinski definition) is 2. The van der Waals surface area contributed by atoms with Crippen LogP contribution >= 0.6 is 0 Å². The van der Waals surface area contributed by atoms with Gasteiger partial charge in [0.15, 0.2) is 0 Å². The van der Waals surface area contributed by atoms with Crippen molar-refractivity contribution in [3.8, 4) is 0 Å². The van der Waals surface area contributed by atoms with Gasteiger partial charge in [0, 0.05) is 24.3 Å². The average molecular weight is 304 g/mol. The van der Waals surface area contributed by atoms with E-state index in [0.29, 0.717) is 0 Å². The molecule has 0 bridgehead atoms. The number of hydrogen-bond donors (Lipinski definition) is 2. The predicted octanol–water partition coefficient (Wildman–Crippen LogP) is 3.45. The molecule has 1 atom stereocenters. The molecule has 1 aliphatic carbocycles. The van der Waals surface area contributed by atoms with Gasteiger partial charge in [-0.25, -0.2) is 4.79 Å². The Labute approximate surface area is 132 Å². The summed E-state index contributed by atoms with van der Waals surface area (Å²) < 4.78 is 0. The van der Waals surface area contributed by atoms with Crippen LogP contribution in [0.25, 0.3) is 0 Å². The standard InChI is InChI=1S/C17H28N4O/c1-12-16(13(2)20-19-12)15-6-4-3-5-11-21(15)17(22)18-10-9-14-7-8-14/h14-15H,3-11H2,1-2H3,(H,18,22)(H,19,20). The minimum absolute atomic E-state index is 0.104. The predicted molar refractivity (Wildman–Crippen MR) is 86.7 cm³/mol. The first kappa shape index (κ1) is 15.4. The summed E-state index contributed by atoms with van der Waals surface area (Å²) in [6.07, 6.45) is 8.35. The molecular weight excluding hydrogens is 276 g/mol. The second kappa shape index (κ2) is 6.71. The molecule has 1 aromatic heterocycles. The molecule has 3 rings (SSSR count). The number of aryl methyl sites for hydroxylation is 2. The molecule has 2 aliphatic rings. The maximum absolute atomic E-state index is 12.7. The van der Waals surface area contributed by atoms with Gasteiger partial charge in [0.25, 0.3) is 0 Å². The van der Waals surface area contributed by atoms with Gasteiger partial charge in [-0.05, 0) is 39.0 Å². The van der Waals surface area contributed by atoms with Gasteiger partial charge in [-0.1, -0.05) is 25.7 Å². The molecule has 5 heteroatoms. The van der Waals surface area contributed by atoms with Gasteiger partial charge >= 0.3 is 6.03 Å². The van der Waals surface area contributed by atoms with E-state index in [9.17, 15) is 4.79 Å².